The minimum absolute atomic E-state index is 0.784. The Morgan fingerprint density at radius 2 is 1.82 bits per heavy atom. The monoisotopic (exact) mass is 154 g/mol. The van der Waals surface area contributed by atoms with Crippen LogP contribution in [0.5, 0.6) is 0 Å². The molecular formula is C11H22. The Labute approximate surface area is 71.7 Å². The summed E-state index contributed by atoms with van der Waals surface area (Å²) >= 11 is 0. The van der Waals surface area contributed by atoms with Crippen LogP contribution in [0, 0.1) is 5.92 Å². The molecule has 0 aliphatic rings. The number of unbranched alkanes of at least 4 members (excludes halogenated alkanes) is 2. The van der Waals surface area contributed by atoms with Crippen molar-refractivity contribution < 1.29 is 0 Å². The first-order valence-corrected chi connectivity index (χ1v) is 4.97. The lowest BCUT2D eigenvalue weighted by molar-refractivity contribution is 0.503. The van der Waals surface area contributed by atoms with E-state index in [1.54, 1.807) is 0 Å². The quantitative estimate of drug-likeness (QED) is 0.381. The fraction of sp³-hybridized carbons (Fsp3) is 0.818. The molecule has 0 nitrogen and oxygen atoms in total. The van der Waals surface area contributed by atoms with Gasteiger partial charge < -0.3 is 0 Å². The van der Waals surface area contributed by atoms with Crippen LogP contribution in [0.3, 0.4) is 0 Å². The van der Waals surface area contributed by atoms with E-state index in [1.165, 1.54) is 38.5 Å². The highest BCUT2D eigenvalue weighted by Gasteiger charge is 2.00. The van der Waals surface area contributed by atoms with E-state index in [4.69, 9.17) is 0 Å². The third kappa shape index (κ3) is 6.15. The first-order valence-electron chi connectivity index (χ1n) is 4.97. The van der Waals surface area contributed by atoms with E-state index >= 15 is 0 Å². The van der Waals surface area contributed by atoms with Crippen LogP contribution in [-0.2, 0) is 0 Å². The minimum atomic E-state index is 0.784. The zero-order chi connectivity index (χ0) is 8.53. The average Bonchev–Trinajstić information content (AvgIpc) is 2.03. The van der Waals surface area contributed by atoms with Crippen molar-refractivity contribution in [2.24, 2.45) is 5.92 Å². The van der Waals surface area contributed by atoms with Gasteiger partial charge in [0.15, 0.2) is 0 Å². The SMILES string of the molecule is C=CC(CCC)CCCCC. The fourth-order valence-electron chi connectivity index (χ4n) is 1.41. The van der Waals surface area contributed by atoms with Gasteiger partial charge in [-0.2, -0.15) is 0 Å². The van der Waals surface area contributed by atoms with Gasteiger partial charge >= 0.3 is 0 Å². The van der Waals surface area contributed by atoms with Gasteiger partial charge in [-0.25, -0.2) is 0 Å². The normalized spacial score (nSPS) is 12.9. The highest BCUT2D eigenvalue weighted by Crippen LogP contribution is 2.15. The molecule has 0 amide bonds. The van der Waals surface area contributed by atoms with E-state index in [-0.39, 0.29) is 0 Å². The van der Waals surface area contributed by atoms with Crippen molar-refractivity contribution in [1.29, 1.82) is 0 Å². The molecule has 0 aliphatic carbocycles. The van der Waals surface area contributed by atoms with Crippen molar-refractivity contribution in [3.63, 3.8) is 0 Å². The molecule has 0 bridgehead atoms. The van der Waals surface area contributed by atoms with Crippen LogP contribution < -0.4 is 0 Å². The van der Waals surface area contributed by atoms with E-state index < -0.39 is 0 Å². The van der Waals surface area contributed by atoms with Crippen LogP contribution in [0.1, 0.15) is 52.4 Å². The summed E-state index contributed by atoms with van der Waals surface area (Å²) in [6.07, 6.45) is 10.2. The first-order chi connectivity index (χ1) is 5.35. The van der Waals surface area contributed by atoms with Crippen molar-refractivity contribution in [3.8, 4) is 0 Å². The highest BCUT2D eigenvalue weighted by atomic mass is 14.1. The van der Waals surface area contributed by atoms with Crippen LogP contribution in [0.15, 0.2) is 12.7 Å². The molecule has 0 aliphatic heterocycles. The molecule has 0 fully saturated rings. The van der Waals surface area contributed by atoms with Crippen molar-refractivity contribution in [3.05, 3.63) is 12.7 Å². The standard InChI is InChI=1S/C11H22/c1-4-7-8-10-11(6-3)9-5-2/h6,11H,3-5,7-10H2,1-2H3. The molecule has 0 aromatic rings. The molecule has 66 valence electrons. The maximum atomic E-state index is 3.86. The predicted octanol–water partition coefficient (Wildman–Crippen LogP) is 4.17. The summed E-state index contributed by atoms with van der Waals surface area (Å²) in [5.41, 5.74) is 0. The summed E-state index contributed by atoms with van der Waals surface area (Å²) in [4.78, 5) is 0. The van der Waals surface area contributed by atoms with Crippen molar-refractivity contribution in [1.82, 2.24) is 0 Å². The Hall–Kier alpha value is -0.260. The molecule has 0 rings (SSSR count). The second kappa shape index (κ2) is 7.84. The molecule has 0 saturated carbocycles. The molecule has 1 unspecified atom stereocenters. The molecular weight excluding hydrogens is 132 g/mol. The van der Waals surface area contributed by atoms with E-state index in [9.17, 15) is 0 Å². The topological polar surface area (TPSA) is 0 Å². The molecule has 0 aromatic carbocycles. The van der Waals surface area contributed by atoms with Crippen LogP contribution in [0.4, 0.5) is 0 Å². The van der Waals surface area contributed by atoms with E-state index in [0.29, 0.717) is 0 Å². The molecule has 0 spiro atoms. The molecule has 0 saturated heterocycles. The first kappa shape index (κ1) is 10.7. The van der Waals surface area contributed by atoms with Gasteiger partial charge in [0.1, 0.15) is 0 Å². The molecule has 0 aromatic heterocycles. The summed E-state index contributed by atoms with van der Waals surface area (Å²) in [5.74, 6) is 0.784. The fourth-order valence-corrected chi connectivity index (χ4v) is 1.41. The Kier molecular flexibility index (Phi) is 7.66. The highest BCUT2D eigenvalue weighted by molar-refractivity contribution is 4.78. The zero-order valence-electron chi connectivity index (χ0n) is 8.10. The van der Waals surface area contributed by atoms with Crippen molar-refractivity contribution in [2.75, 3.05) is 0 Å². The smallest absolute Gasteiger partial charge is 0.0236 e. The summed E-state index contributed by atoms with van der Waals surface area (Å²) in [6, 6.07) is 0. The maximum absolute atomic E-state index is 3.86. The number of rotatable bonds is 7. The second-order valence-electron chi connectivity index (χ2n) is 3.28. The summed E-state index contributed by atoms with van der Waals surface area (Å²) < 4.78 is 0. The predicted molar refractivity (Wildman–Crippen MR) is 52.7 cm³/mol. The third-order valence-corrected chi connectivity index (χ3v) is 2.17. The summed E-state index contributed by atoms with van der Waals surface area (Å²) in [6.45, 7) is 8.36. The van der Waals surface area contributed by atoms with Crippen molar-refractivity contribution >= 4 is 0 Å². The number of hydrogen-bond donors (Lipinski definition) is 0. The van der Waals surface area contributed by atoms with Crippen LogP contribution in [-0.4, -0.2) is 0 Å². The Balaban J connectivity index is 3.28. The van der Waals surface area contributed by atoms with Crippen LogP contribution in [0.2, 0.25) is 0 Å². The molecule has 0 radical (unpaired) electrons. The van der Waals surface area contributed by atoms with E-state index in [1.807, 2.05) is 0 Å². The molecule has 11 heavy (non-hydrogen) atoms. The largest absolute Gasteiger partial charge is 0.103 e. The molecule has 1 atom stereocenters. The van der Waals surface area contributed by atoms with Gasteiger partial charge in [-0.05, 0) is 18.8 Å². The van der Waals surface area contributed by atoms with Gasteiger partial charge in [0.2, 0.25) is 0 Å². The Morgan fingerprint density at radius 3 is 2.27 bits per heavy atom. The zero-order valence-corrected chi connectivity index (χ0v) is 8.10. The van der Waals surface area contributed by atoms with E-state index in [2.05, 4.69) is 26.5 Å². The summed E-state index contributed by atoms with van der Waals surface area (Å²) in [7, 11) is 0. The second-order valence-corrected chi connectivity index (χ2v) is 3.28. The molecule has 0 heterocycles. The number of allylic oxidation sites excluding steroid dienone is 1. The lowest BCUT2D eigenvalue weighted by Crippen LogP contribution is -1.94. The van der Waals surface area contributed by atoms with Crippen LogP contribution >= 0.6 is 0 Å². The third-order valence-electron chi connectivity index (χ3n) is 2.17. The Bertz CT molecular complexity index is 84.0. The Morgan fingerprint density at radius 1 is 1.09 bits per heavy atom. The number of hydrogen-bond acceptors (Lipinski definition) is 0. The van der Waals surface area contributed by atoms with Gasteiger partial charge in [-0.3, -0.25) is 0 Å². The lowest BCUT2D eigenvalue weighted by Gasteiger charge is -2.09. The minimum Gasteiger partial charge on any atom is -0.103 e. The van der Waals surface area contributed by atoms with Gasteiger partial charge in [0.05, 0.1) is 0 Å². The molecule has 0 heteroatoms. The lowest BCUT2D eigenvalue weighted by atomic mass is 9.97. The van der Waals surface area contributed by atoms with Gasteiger partial charge in [-0.1, -0.05) is 45.6 Å². The summed E-state index contributed by atoms with van der Waals surface area (Å²) in [5, 5.41) is 0. The van der Waals surface area contributed by atoms with Gasteiger partial charge in [-0.15, -0.1) is 6.58 Å². The molecule has 0 N–H and O–H groups in total. The van der Waals surface area contributed by atoms with E-state index in [0.717, 1.165) is 5.92 Å². The maximum Gasteiger partial charge on any atom is -0.0236 e. The van der Waals surface area contributed by atoms with Crippen molar-refractivity contribution in [2.45, 2.75) is 52.4 Å². The van der Waals surface area contributed by atoms with Gasteiger partial charge in [0, 0.05) is 0 Å². The van der Waals surface area contributed by atoms with Gasteiger partial charge in [0.25, 0.3) is 0 Å². The van der Waals surface area contributed by atoms with Crippen LogP contribution in [0.25, 0.3) is 0 Å². The average molecular weight is 154 g/mol.